The van der Waals surface area contributed by atoms with Crippen LogP contribution < -0.4 is 5.32 Å². The molecule has 6 rings (SSSR count). The maximum Gasteiger partial charge on any atom is 0.237 e. The number of hydrogen-bond acceptors (Lipinski definition) is 3. The molecule has 1 N–H and O–H groups in total. The molecule has 2 aliphatic rings. The highest BCUT2D eigenvalue weighted by atomic mass is 16.2. The van der Waals surface area contributed by atoms with Crippen LogP contribution in [-0.4, -0.2) is 15.9 Å². The number of fused-ring (bicyclic) bond motifs is 7. The molecule has 0 aliphatic heterocycles. The molecule has 154 valence electrons. The Morgan fingerprint density at radius 2 is 1.45 bits per heavy atom. The van der Waals surface area contributed by atoms with E-state index in [1.807, 2.05) is 48.5 Å². The van der Waals surface area contributed by atoms with Gasteiger partial charge in [-0.3, -0.25) is 4.79 Å². The number of rotatable bonds is 2. The number of aromatic nitrogens is 2. The summed E-state index contributed by atoms with van der Waals surface area (Å²) in [7, 11) is 0. The summed E-state index contributed by atoms with van der Waals surface area (Å²) in [6, 6.07) is 22.2. The molecule has 2 unspecified atom stereocenters. The molecule has 1 fully saturated rings. The van der Waals surface area contributed by atoms with Crippen LogP contribution in [0.15, 0.2) is 66.7 Å². The molecular formula is C27H25N3O. The van der Waals surface area contributed by atoms with E-state index in [2.05, 4.69) is 44.3 Å². The fraction of sp³-hybridized carbons (Fsp3) is 0.296. The minimum Gasteiger partial charge on any atom is -0.325 e. The molecule has 1 saturated carbocycles. The van der Waals surface area contributed by atoms with E-state index in [1.54, 1.807) is 0 Å². The number of benzene rings is 3. The largest absolute Gasteiger partial charge is 0.325 e. The molecule has 3 aromatic carbocycles. The van der Waals surface area contributed by atoms with Crippen molar-refractivity contribution in [2.75, 3.05) is 5.32 Å². The topological polar surface area (TPSA) is 54.9 Å². The molecule has 1 heterocycles. The number of para-hydroxylation sites is 2. The predicted octanol–water partition coefficient (Wildman–Crippen LogP) is 5.75. The van der Waals surface area contributed by atoms with E-state index in [4.69, 9.17) is 9.97 Å². The normalized spacial score (nSPS) is 25.6. The summed E-state index contributed by atoms with van der Waals surface area (Å²) >= 11 is 0. The maximum atomic E-state index is 14.1. The van der Waals surface area contributed by atoms with Crippen LogP contribution in [0.4, 0.5) is 5.69 Å². The number of nitrogens with zero attached hydrogens (tertiary/aromatic N) is 2. The summed E-state index contributed by atoms with van der Waals surface area (Å²) in [6.07, 6.45) is 1.72. The minimum atomic E-state index is -0.703. The average Bonchev–Trinajstić information content (AvgIpc) is 3.08. The lowest BCUT2D eigenvalue weighted by Gasteiger charge is -2.39. The van der Waals surface area contributed by atoms with Gasteiger partial charge in [0.15, 0.2) is 0 Å². The number of hydrogen-bond donors (Lipinski definition) is 1. The number of carbonyl (C=O) groups excluding carboxylic acids is 1. The second-order valence-corrected chi connectivity index (χ2v) is 9.75. The molecule has 2 bridgehead atoms. The Hall–Kier alpha value is -3.27. The molecule has 2 aliphatic carbocycles. The molecule has 0 spiro atoms. The standard InChI is InChI=1S/C27H25N3O/c1-25(2)26(3)15-16-27(25,23-22(26)28-20-12-6-7-13-21(20)29-23)24(31)30-19-14-8-10-17-9-4-5-11-18(17)19/h4-14H,15-16H2,1-3H3,(H,30,31). The highest BCUT2D eigenvalue weighted by molar-refractivity contribution is 6.07. The average molecular weight is 408 g/mol. The lowest BCUT2D eigenvalue weighted by Crippen LogP contribution is -2.48. The lowest BCUT2D eigenvalue weighted by molar-refractivity contribution is -0.125. The smallest absolute Gasteiger partial charge is 0.237 e. The Labute approximate surface area is 181 Å². The Bertz CT molecular complexity index is 1390. The molecule has 1 amide bonds. The van der Waals surface area contributed by atoms with Gasteiger partial charge in [-0.1, -0.05) is 69.3 Å². The lowest BCUT2D eigenvalue weighted by atomic mass is 9.63. The van der Waals surface area contributed by atoms with Gasteiger partial charge in [-0.2, -0.15) is 0 Å². The molecular weight excluding hydrogens is 382 g/mol. The Balaban J connectivity index is 1.54. The summed E-state index contributed by atoms with van der Waals surface area (Å²) in [5.74, 6) is 0.0286. The van der Waals surface area contributed by atoms with Crippen LogP contribution in [0.2, 0.25) is 0 Å². The maximum absolute atomic E-state index is 14.1. The molecule has 0 radical (unpaired) electrons. The molecule has 4 aromatic rings. The SMILES string of the molecule is CC12CCC(C(=O)Nc3cccc4ccccc34)(c3nc4ccccc4nc31)C2(C)C. The van der Waals surface area contributed by atoms with Crippen molar-refractivity contribution in [1.82, 2.24) is 9.97 Å². The highest BCUT2D eigenvalue weighted by Crippen LogP contribution is 2.70. The van der Waals surface area contributed by atoms with E-state index in [9.17, 15) is 4.79 Å². The zero-order valence-corrected chi connectivity index (χ0v) is 18.1. The first-order chi connectivity index (χ1) is 14.9. The Kier molecular flexibility index (Phi) is 3.52. The number of anilines is 1. The van der Waals surface area contributed by atoms with Crippen molar-refractivity contribution in [3.8, 4) is 0 Å². The summed E-state index contributed by atoms with van der Waals surface area (Å²) < 4.78 is 0. The third-order valence-corrected chi connectivity index (χ3v) is 8.37. The number of amides is 1. The summed E-state index contributed by atoms with van der Waals surface area (Å²) in [6.45, 7) is 6.70. The third-order valence-electron chi connectivity index (χ3n) is 8.37. The van der Waals surface area contributed by atoms with Gasteiger partial charge in [-0.25, -0.2) is 9.97 Å². The highest BCUT2D eigenvalue weighted by Gasteiger charge is 2.73. The number of carbonyl (C=O) groups is 1. The van der Waals surface area contributed by atoms with Crippen LogP contribution in [0.1, 0.15) is 45.0 Å². The fourth-order valence-electron chi connectivity index (χ4n) is 6.11. The fourth-order valence-corrected chi connectivity index (χ4v) is 6.11. The van der Waals surface area contributed by atoms with E-state index in [0.717, 1.165) is 51.7 Å². The van der Waals surface area contributed by atoms with Gasteiger partial charge in [0.1, 0.15) is 0 Å². The first kappa shape index (κ1) is 18.5. The quantitative estimate of drug-likeness (QED) is 0.460. The Morgan fingerprint density at radius 3 is 2.23 bits per heavy atom. The molecule has 31 heavy (non-hydrogen) atoms. The van der Waals surface area contributed by atoms with Crippen molar-refractivity contribution in [2.24, 2.45) is 5.41 Å². The van der Waals surface area contributed by atoms with E-state index in [1.165, 1.54) is 0 Å². The van der Waals surface area contributed by atoms with Gasteiger partial charge in [0.05, 0.1) is 27.8 Å². The van der Waals surface area contributed by atoms with Crippen molar-refractivity contribution >= 4 is 33.4 Å². The van der Waals surface area contributed by atoms with Gasteiger partial charge in [0.2, 0.25) is 5.91 Å². The third kappa shape index (κ3) is 2.12. The van der Waals surface area contributed by atoms with Crippen molar-refractivity contribution in [1.29, 1.82) is 0 Å². The van der Waals surface area contributed by atoms with Gasteiger partial charge in [0.25, 0.3) is 0 Å². The van der Waals surface area contributed by atoms with Crippen molar-refractivity contribution in [2.45, 2.75) is 44.4 Å². The summed E-state index contributed by atoms with van der Waals surface area (Å²) in [5.41, 5.74) is 3.28. The molecule has 0 saturated heterocycles. The van der Waals surface area contributed by atoms with Crippen LogP contribution >= 0.6 is 0 Å². The molecule has 4 heteroatoms. The van der Waals surface area contributed by atoms with Crippen LogP contribution in [0.25, 0.3) is 21.8 Å². The first-order valence-corrected chi connectivity index (χ1v) is 11.0. The van der Waals surface area contributed by atoms with Crippen molar-refractivity contribution < 1.29 is 4.79 Å². The second-order valence-electron chi connectivity index (χ2n) is 9.75. The van der Waals surface area contributed by atoms with Crippen LogP contribution in [0.3, 0.4) is 0 Å². The molecule has 2 atom stereocenters. The van der Waals surface area contributed by atoms with E-state index < -0.39 is 5.41 Å². The number of nitrogens with one attached hydrogen (secondary N) is 1. The van der Waals surface area contributed by atoms with Gasteiger partial charge < -0.3 is 5.32 Å². The van der Waals surface area contributed by atoms with Gasteiger partial charge >= 0.3 is 0 Å². The van der Waals surface area contributed by atoms with Crippen LogP contribution in [-0.2, 0) is 15.6 Å². The van der Waals surface area contributed by atoms with E-state index in [0.29, 0.717) is 0 Å². The monoisotopic (exact) mass is 407 g/mol. The van der Waals surface area contributed by atoms with Crippen molar-refractivity contribution in [3.63, 3.8) is 0 Å². The molecule has 4 nitrogen and oxygen atoms in total. The Morgan fingerprint density at radius 1 is 0.806 bits per heavy atom. The predicted molar refractivity (Wildman–Crippen MR) is 124 cm³/mol. The van der Waals surface area contributed by atoms with E-state index in [-0.39, 0.29) is 16.7 Å². The van der Waals surface area contributed by atoms with Crippen LogP contribution in [0.5, 0.6) is 0 Å². The van der Waals surface area contributed by atoms with E-state index >= 15 is 0 Å². The van der Waals surface area contributed by atoms with Gasteiger partial charge in [-0.15, -0.1) is 0 Å². The van der Waals surface area contributed by atoms with Crippen LogP contribution in [0, 0.1) is 5.41 Å². The van der Waals surface area contributed by atoms with Gasteiger partial charge in [0, 0.05) is 16.5 Å². The second kappa shape index (κ2) is 5.91. The summed E-state index contributed by atoms with van der Waals surface area (Å²) in [4.78, 5) is 24.2. The zero-order chi connectivity index (χ0) is 21.4. The first-order valence-electron chi connectivity index (χ1n) is 11.0. The zero-order valence-electron chi connectivity index (χ0n) is 18.1. The van der Waals surface area contributed by atoms with Crippen molar-refractivity contribution in [3.05, 3.63) is 78.1 Å². The summed E-state index contributed by atoms with van der Waals surface area (Å²) in [5, 5.41) is 5.47. The minimum absolute atomic E-state index is 0.0286. The molecule has 1 aromatic heterocycles. The van der Waals surface area contributed by atoms with Gasteiger partial charge in [-0.05, 0) is 41.8 Å².